The van der Waals surface area contributed by atoms with Gasteiger partial charge in [0, 0.05) is 24.1 Å². The number of nitrogens with zero attached hydrogens (tertiary/aromatic N) is 1. The summed E-state index contributed by atoms with van der Waals surface area (Å²) in [7, 11) is 5.42. The lowest BCUT2D eigenvalue weighted by Crippen LogP contribution is -2.44. The molecule has 4 atom stereocenters. The van der Waals surface area contributed by atoms with Crippen molar-refractivity contribution in [1.82, 2.24) is 4.90 Å². The van der Waals surface area contributed by atoms with E-state index in [0.29, 0.717) is 17.5 Å². The number of likely N-dealkylation sites (tertiary alicyclic amines) is 1. The standard InChI is InChI=1S/C18H23NO4/c1-19-7-6-10-4-5-13-16(17(10)19)11-8-14(21-2)15(22-3)9-12(11)18(20)23-13/h4,8-9,13,16-18,20H,5-7H2,1-3H3/t13-,16+,17+,18-/m0/s1. The van der Waals surface area contributed by atoms with Gasteiger partial charge in [-0.2, -0.15) is 0 Å². The smallest absolute Gasteiger partial charge is 0.181 e. The maximum Gasteiger partial charge on any atom is 0.181 e. The first-order chi connectivity index (χ1) is 11.1. The number of likely N-dealkylation sites (N-methyl/N-ethyl adjacent to an activating group) is 1. The van der Waals surface area contributed by atoms with Crippen molar-refractivity contribution in [3.8, 4) is 11.5 Å². The summed E-state index contributed by atoms with van der Waals surface area (Å²) in [5.74, 6) is 1.55. The predicted octanol–water partition coefficient (Wildman–Crippen LogP) is 2.21. The molecular weight excluding hydrogens is 294 g/mol. The van der Waals surface area contributed by atoms with E-state index in [1.54, 1.807) is 14.2 Å². The van der Waals surface area contributed by atoms with Crippen molar-refractivity contribution in [2.75, 3.05) is 27.8 Å². The van der Waals surface area contributed by atoms with Crippen LogP contribution >= 0.6 is 0 Å². The number of benzene rings is 1. The number of hydrogen-bond acceptors (Lipinski definition) is 5. The molecule has 23 heavy (non-hydrogen) atoms. The Balaban J connectivity index is 1.86. The molecule has 5 nitrogen and oxygen atoms in total. The highest BCUT2D eigenvalue weighted by Crippen LogP contribution is 2.50. The Morgan fingerprint density at radius 2 is 1.87 bits per heavy atom. The van der Waals surface area contributed by atoms with E-state index in [2.05, 4.69) is 18.0 Å². The molecule has 0 unspecified atom stereocenters. The van der Waals surface area contributed by atoms with Crippen LogP contribution in [0, 0.1) is 0 Å². The molecule has 1 fully saturated rings. The summed E-state index contributed by atoms with van der Waals surface area (Å²) in [5, 5.41) is 10.4. The fourth-order valence-corrected chi connectivity index (χ4v) is 4.38. The number of rotatable bonds is 2. The fraction of sp³-hybridized carbons (Fsp3) is 0.556. The highest BCUT2D eigenvalue weighted by Gasteiger charge is 2.46. The molecule has 1 aromatic carbocycles. The lowest BCUT2D eigenvalue weighted by atomic mass is 9.74. The number of fused-ring (bicyclic) bond motifs is 5. The molecule has 0 radical (unpaired) electrons. The Morgan fingerprint density at radius 1 is 1.17 bits per heavy atom. The molecule has 0 saturated carbocycles. The SMILES string of the molecule is COc1cc2c(cc1OC)[C@@H](O)O[C@H]1CC=C3CCN(C)[C@H]3[C@H]21. The van der Waals surface area contributed by atoms with Crippen molar-refractivity contribution < 1.29 is 19.3 Å². The zero-order valence-electron chi connectivity index (χ0n) is 13.8. The summed E-state index contributed by atoms with van der Waals surface area (Å²) in [6, 6.07) is 4.22. The molecule has 1 N–H and O–H groups in total. The van der Waals surface area contributed by atoms with Crippen LogP contribution in [0.25, 0.3) is 0 Å². The average Bonchev–Trinajstić information content (AvgIpc) is 2.95. The molecular formula is C18H23NO4. The van der Waals surface area contributed by atoms with E-state index in [4.69, 9.17) is 14.2 Å². The normalized spacial score (nSPS) is 32.6. The summed E-state index contributed by atoms with van der Waals surface area (Å²) in [4.78, 5) is 2.39. The van der Waals surface area contributed by atoms with Crippen molar-refractivity contribution >= 4 is 0 Å². The maximum atomic E-state index is 10.4. The van der Waals surface area contributed by atoms with E-state index in [9.17, 15) is 5.11 Å². The van der Waals surface area contributed by atoms with Crippen LogP contribution in [0.4, 0.5) is 0 Å². The second-order valence-corrected chi connectivity index (χ2v) is 6.58. The van der Waals surface area contributed by atoms with Gasteiger partial charge in [0.15, 0.2) is 17.8 Å². The molecule has 124 valence electrons. The van der Waals surface area contributed by atoms with Crippen molar-refractivity contribution in [3.63, 3.8) is 0 Å². The maximum absolute atomic E-state index is 10.4. The van der Waals surface area contributed by atoms with Crippen LogP contribution in [0.2, 0.25) is 0 Å². The Kier molecular flexibility index (Phi) is 3.59. The monoisotopic (exact) mass is 317 g/mol. The number of methoxy groups -OCH3 is 2. The van der Waals surface area contributed by atoms with Gasteiger partial charge in [0.25, 0.3) is 0 Å². The third kappa shape index (κ3) is 2.18. The van der Waals surface area contributed by atoms with E-state index in [1.807, 2.05) is 12.1 Å². The van der Waals surface area contributed by atoms with Crippen LogP contribution in [0.1, 0.15) is 36.2 Å². The number of hydrogen-bond donors (Lipinski definition) is 1. The largest absolute Gasteiger partial charge is 0.493 e. The van der Waals surface area contributed by atoms with Gasteiger partial charge in [-0.15, -0.1) is 0 Å². The van der Waals surface area contributed by atoms with Crippen molar-refractivity contribution in [2.24, 2.45) is 0 Å². The molecule has 0 amide bonds. The molecule has 1 aromatic rings. The summed E-state index contributed by atoms with van der Waals surface area (Å²) < 4.78 is 16.8. The molecule has 0 bridgehead atoms. The third-order valence-corrected chi connectivity index (χ3v) is 5.48. The zero-order valence-corrected chi connectivity index (χ0v) is 13.8. The first-order valence-electron chi connectivity index (χ1n) is 8.12. The Bertz CT molecular complexity index is 657. The number of aliphatic hydroxyl groups is 1. The lowest BCUT2D eigenvalue weighted by Gasteiger charge is -2.44. The lowest BCUT2D eigenvalue weighted by molar-refractivity contribution is -0.162. The highest BCUT2D eigenvalue weighted by molar-refractivity contribution is 5.52. The quantitative estimate of drug-likeness (QED) is 0.848. The van der Waals surface area contributed by atoms with Crippen LogP contribution in [0.5, 0.6) is 11.5 Å². The minimum atomic E-state index is -0.910. The first kappa shape index (κ1) is 15.0. The Labute approximate surface area is 136 Å². The highest BCUT2D eigenvalue weighted by atomic mass is 16.6. The number of aliphatic hydroxyl groups excluding tert-OH is 1. The van der Waals surface area contributed by atoms with Gasteiger partial charge in [-0.05, 0) is 37.6 Å². The molecule has 2 heterocycles. The van der Waals surface area contributed by atoms with E-state index in [1.165, 1.54) is 5.57 Å². The minimum Gasteiger partial charge on any atom is -0.493 e. The topological polar surface area (TPSA) is 51.2 Å². The molecule has 3 aliphatic rings. The number of ether oxygens (including phenoxy) is 3. The van der Waals surface area contributed by atoms with Gasteiger partial charge in [0.1, 0.15) is 0 Å². The van der Waals surface area contributed by atoms with Crippen molar-refractivity contribution in [1.29, 1.82) is 0 Å². The van der Waals surface area contributed by atoms with Crippen molar-refractivity contribution in [2.45, 2.75) is 37.2 Å². The van der Waals surface area contributed by atoms with Gasteiger partial charge < -0.3 is 19.3 Å². The minimum absolute atomic E-state index is 0.00454. The zero-order chi connectivity index (χ0) is 16.1. The van der Waals surface area contributed by atoms with E-state index in [0.717, 1.165) is 30.5 Å². The van der Waals surface area contributed by atoms with Gasteiger partial charge in [-0.25, -0.2) is 0 Å². The Hall–Kier alpha value is -1.56. The van der Waals surface area contributed by atoms with Gasteiger partial charge in [-0.3, -0.25) is 4.90 Å². The van der Waals surface area contributed by atoms with Crippen LogP contribution in [-0.4, -0.2) is 50.0 Å². The summed E-state index contributed by atoms with van der Waals surface area (Å²) in [6.45, 7) is 1.07. The molecule has 5 heteroatoms. The van der Waals surface area contributed by atoms with Crippen LogP contribution in [0.15, 0.2) is 23.8 Å². The van der Waals surface area contributed by atoms with Crippen LogP contribution in [0.3, 0.4) is 0 Å². The average molecular weight is 317 g/mol. The third-order valence-electron chi connectivity index (χ3n) is 5.48. The summed E-state index contributed by atoms with van der Waals surface area (Å²) in [6.07, 6.45) is 3.37. The molecule has 0 spiro atoms. The second-order valence-electron chi connectivity index (χ2n) is 6.58. The van der Waals surface area contributed by atoms with Crippen LogP contribution in [-0.2, 0) is 4.74 Å². The van der Waals surface area contributed by atoms with E-state index in [-0.39, 0.29) is 12.0 Å². The van der Waals surface area contributed by atoms with Gasteiger partial charge in [0.2, 0.25) is 0 Å². The molecule has 4 rings (SSSR count). The van der Waals surface area contributed by atoms with E-state index >= 15 is 0 Å². The summed E-state index contributed by atoms with van der Waals surface area (Å²) >= 11 is 0. The molecule has 1 saturated heterocycles. The Morgan fingerprint density at radius 3 is 2.57 bits per heavy atom. The fourth-order valence-electron chi connectivity index (χ4n) is 4.38. The second kappa shape index (κ2) is 5.51. The van der Waals surface area contributed by atoms with Crippen molar-refractivity contribution in [3.05, 3.63) is 34.9 Å². The van der Waals surface area contributed by atoms with Gasteiger partial charge in [-0.1, -0.05) is 11.6 Å². The predicted molar refractivity (Wildman–Crippen MR) is 85.9 cm³/mol. The van der Waals surface area contributed by atoms with Gasteiger partial charge in [0.05, 0.1) is 20.3 Å². The molecule has 0 aromatic heterocycles. The molecule has 2 aliphatic heterocycles. The first-order valence-corrected chi connectivity index (χ1v) is 8.12. The van der Waals surface area contributed by atoms with Crippen LogP contribution < -0.4 is 9.47 Å². The molecule has 1 aliphatic carbocycles. The van der Waals surface area contributed by atoms with Gasteiger partial charge >= 0.3 is 0 Å². The van der Waals surface area contributed by atoms with E-state index < -0.39 is 6.29 Å². The summed E-state index contributed by atoms with van der Waals surface area (Å²) in [5.41, 5.74) is 3.41.